The number of piperidine rings is 1. The number of nitrogens with one attached hydrogen (secondary N) is 1. The molecule has 1 atom stereocenters. The van der Waals surface area contributed by atoms with Gasteiger partial charge in [-0.2, -0.15) is 0 Å². The molecular formula is C10H16N2O. The SMILES string of the molecule is c1coc(CCC2CCCCN2)n1. The highest BCUT2D eigenvalue weighted by atomic mass is 16.3. The Hall–Kier alpha value is -0.830. The molecular weight excluding hydrogens is 164 g/mol. The topological polar surface area (TPSA) is 38.1 Å². The highest BCUT2D eigenvalue weighted by Crippen LogP contribution is 2.12. The first kappa shape index (κ1) is 8.75. The van der Waals surface area contributed by atoms with Crippen LogP contribution in [-0.2, 0) is 6.42 Å². The molecule has 1 aromatic heterocycles. The van der Waals surface area contributed by atoms with Crippen molar-refractivity contribution in [1.82, 2.24) is 10.3 Å². The molecule has 1 aliphatic rings. The van der Waals surface area contributed by atoms with Crippen molar-refractivity contribution >= 4 is 0 Å². The van der Waals surface area contributed by atoms with Gasteiger partial charge in [-0.25, -0.2) is 4.98 Å². The average Bonchev–Trinajstić information content (AvgIpc) is 2.69. The third-order valence-electron chi connectivity index (χ3n) is 2.60. The van der Waals surface area contributed by atoms with E-state index in [1.807, 2.05) is 0 Å². The zero-order chi connectivity index (χ0) is 8.93. The Bertz CT molecular complexity index is 227. The second kappa shape index (κ2) is 4.42. The van der Waals surface area contributed by atoms with Crippen LogP contribution in [0, 0.1) is 0 Å². The largest absolute Gasteiger partial charge is 0.449 e. The van der Waals surface area contributed by atoms with Crippen molar-refractivity contribution in [2.45, 2.75) is 38.1 Å². The Morgan fingerprint density at radius 1 is 1.54 bits per heavy atom. The highest BCUT2D eigenvalue weighted by Gasteiger charge is 2.12. The first-order chi connectivity index (χ1) is 6.45. The third-order valence-corrected chi connectivity index (χ3v) is 2.60. The Morgan fingerprint density at radius 2 is 2.54 bits per heavy atom. The number of aromatic nitrogens is 1. The minimum absolute atomic E-state index is 0.681. The molecule has 0 amide bonds. The van der Waals surface area contributed by atoms with Gasteiger partial charge in [0.2, 0.25) is 0 Å². The third kappa shape index (κ3) is 2.56. The van der Waals surface area contributed by atoms with E-state index in [2.05, 4.69) is 10.3 Å². The maximum atomic E-state index is 5.19. The summed E-state index contributed by atoms with van der Waals surface area (Å²) in [6.45, 7) is 1.18. The van der Waals surface area contributed by atoms with E-state index in [1.165, 1.54) is 25.8 Å². The summed E-state index contributed by atoms with van der Waals surface area (Å²) in [4.78, 5) is 4.11. The Morgan fingerprint density at radius 3 is 3.23 bits per heavy atom. The van der Waals surface area contributed by atoms with Crippen LogP contribution in [0.3, 0.4) is 0 Å². The number of rotatable bonds is 3. The fourth-order valence-electron chi connectivity index (χ4n) is 1.84. The molecule has 0 bridgehead atoms. The Labute approximate surface area is 78.5 Å². The maximum absolute atomic E-state index is 5.19. The summed E-state index contributed by atoms with van der Waals surface area (Å²) in [6.07, 6.45) is 9.47. The standard InChI is InChI=1S/C10H16N2O/c1-2-6-11-9(3-1)4-5-10-12-7-8-13-10/h7-9,11H,1-6H2. The molecule has 72 valence electrons. The summed E-state index contributed by atoms with van der Waals surface area (Å²) in [6, 6.07) is 0.681. The predicted octanol–water partition coefficient (Wildman–Crippen LogP) is 1.75. The van der Waals surface area contributed by atoms with E-state index in [1.54, 1.807) is 12.5 Å². The molecule has 1 saturated heterocycles. The lowest BCUT2D eigenvalue weighted by atomic mass is 10.0. The van der Waals surface area contributed by atoms with Gasteiger partial charge in [0.15, 0.2) is 5.89 Å². The van der Waals surface area contributed by atoms with Gasteiger partial charge < -0.3 is 9.73 Å². The molecule has 3 nitrogen and oxygen atoms in total. The van der Waals surface area contributed by atoms with Gasteiger partial charge in [-0.1, -0.05) is 6.42 Å². The molecule has 2 rings (SSSR count). The van der Waals surface area contributed by atoms with Crippen LogP contribution in [0.5, 0.6) is 0 Å². The van der Waals surface area contributed by atoms with E-state index < -0.39 is 0 Å². The van der Waals surface area contributed by atoms with Gasteiger partial charge in [-0.3, -0.25) is 0 Å². The van der Waals surface area contributed by atoms with Gasteiger partial charge in [-0.05, 0) is 25.8 Å². The van der Waals surface area contributed by atoms with Gasteiger partial charge in [0.1, 0.15) is 6.26 Å². The molecule has 0 aromatic carbocycles. The minimum atomic E-state index is 0.681. The summed E-state index contributed by atoms with van der Waals surface area (Å²) in [7, 11) is 0. The number of aryl methyl sites for hydroxylation is 1. The Kier molecular flexibility index (Phi) is 2.98. The summed E-state index contributed by atoms with van der Waals surface area (Å²) >= 11 is 0. The van der Waals surface area contributed by atoms with E-state index in [9.17, 15) is 0 Å². The molecule has 3 heteroatoms. The molecule has 1 aromatic rings. The normalized spacial score (nSPS) is 23.2. The molecule has 1 fully saturated rings. The predicted molar refractivity (Wildman–Crippen MR) is 50.5 cm³/mol. The van der Waals surface area contributed by atoms with Crippen molar-refractivity contribution in [3.8, 4) is 0 Å². The lowest BCUT2D eigenvalue weighted by Gasteiger charge is -2.22. The van der Waals surface area contributed by atoms with Crippen LogP contribution in [0.2, 0.25) is 0 Å². The van der Waals surface area contributed by atoms with Gasteiger partial charge in [-0.15, -0.1) is 0 Å². The number of oxazole rings is 1. The van der Waals surface area contributed by atoms with E-state index >= 15 is 0 Å². The van der Waals surface area contributed by atoms with E-state index in [-0.39, 0.29) is 0 Å². The minimum Gasteiger partial charge on any atom is -0.449 e. The van der Waals surface area contributed by atoms with Crippen molar-refractivity contribution in [2.24, 2.45) is 0 Å². The summed E-state index contributed by atoms with van der Waals surface area (Å²) < 4.78 is 5.19. The molecule has 0 aliphatic carbocycles. The quantitative estimate of drug-likeness (QED) is 0.770. The van der Waals surface area contributed by atoms with E-state index in [0.29, 0.717) is 6.04 Å². The van der Waals surface area contributed by atoms with Crippen molar-refractivity contribution in [2.75, 3.05) is 6.54 Å². The van der Waals surface area contributed by atoms with Crippen LogP contribution >= 0.6 is 0 Å². The van der Waals surface area contributed by atoms with E-state index in [4.69, 9.17) is 4.42 Å². The Balaban J connectivity index is 1.72. The van der Waals surface area contributed by atoms with Crippen molar-refractivity contribution in [3.63, 3.8) is 0 Å². The maximum Gasteiger partial charge on any atom is 0.193 e. The smallest absolute Gasteiger partial charge is 0.193 e. The van der Waals surface area contributed by atoms with Crippen molar-refractivity contribution < 1.29 is 4.42 Å². The van der Waals surface area contributed by atoms with Crippen LogP contribution in [0.25, 0.3) is 0 Å². The number of nitrogens with zero attached hydrogens (tertiary/aromatic N) is 1. The molecule has 0 saturated carbocycles. The van der Waals surface area contributed by atoms with Crippen LogP contribution in [0.4, 0.5) is 0 Å². The van der Waals surface area contributed by atoms with Crippen molar-refractivity contribution in [3.05, 3.63) is 18.4 Å². The highest BCUT2D eigenvalue weighted by molar-refractivity contribution is 4.83. The number of hydrogen-bond acceptors (Lipinski definition) is 3. The van der Waals surface area contributed by atoms with Crippen LogP contribution in [0.1, 0.15) is 31.6 Å². The lowest BCUT2D eigenvalue weighted by molar-refractivity contribution is 0.368. The zero-order valence-corrected chi connectivity index (χ0v) is 7.83. The van der Waals surface area contributed by atoms with Gasteiger partial charge in [0.05, 0.1) is 6.20 Å². The molecule has 13 heavy (non-hydrogen) atoms. The molecule has 1 unspecified atom stereocenters. The molecule has 0 spiro atoms. The zero-order valence-electron chi connectivity index (χ0n) is 7.83. The second-order valence-corrected chi connectivity index (χ2v) is 3.61. The second-order valence-electron chi connectivity index (χ2n) is 3.61. The van der Waals surface area contributed by atoms with E-state index in [0.717, 1.165) is 18.7 Å². The molecule has 1 aliphatic heterocycles. The lowest BCUT2D eigenvalue weighted by Crippen LogP contribution is -2.34. The molecule has 2 heterocycles. The first-order valence-electron chi connectivity index (χ1n) is 5.07. The fourth-order valence-corrected chi connectivity index (χ4v) is 1.84. The summed E-state index contributed by atoms with van der Waals surface area (Å²) in [5.41, 5.74) is 0. The van der Waals surface area contributed by atoms with Crippen molar-refractivity contribution in [1.29, 1.82) is 0 Å². The van der Waals surface area contributed by atoms with Gasteiger partial charge in [0.25, 0.3) is 0 Å². The summed E-state index contributed by atoms with van der Waals surface area (Å²) in [5.74, 6) is 0.868. The van der Waals surface area contributed by atoms with Crippen LogP contribution in [-0.4, -0.2) is 17.6 Å². The summed E-state index contributed by atoms with van der Waals surface area (Å²) in [5, 5.41) is 3.51. The monoisotopic (exact) mass is 180 g/mol. The number of hydrogen-bond donors (Lipinski definition) is 1. The molecule has 1 N–H and O–H groups in total. The van der Waals surface area contributed by atoms with Crippen LogP contribution < -0.4 is 5.32 Å². The van der Waals surface area contributed by atoms with Gasteiger partial charge >= 0.3 is 0 Å². The average molecular weight is 180 g/mol. The first-order valence-corrected chi connectivity index (χ1v) is 5.07. The fraction of sp³-hybridized carbons (Fsp3) is 0.700. The van der Waals surface area contributed by atoms with Gasteiger partial charge in [0, 0.05) is 12.5 Å². The van der Waals surface area contributed by atoms with Crippen LogP contribution in [0.15, 0.2) is 16.9 Å². The molecule has 0 radical (unpaired) electrons.